The second-order valence-corrected chi connectivity index (χ2v) is 6.35. The molecule has 1 fully saturated rings. The van der Waals surface area contributed by atoms with E-state index in [0.717, 1.165) is 10.8 Å². The number of nitrogens with one attached hydrogen (secondary N) is 1. The van der Waals surface area contributed by atoms with Crippen molar-refractivity contribution in [2.45, 2.75) is 58.2 Å². The van der Waals surface area contributed by atoms with E-state index >= 15 is 0 Å². The quantitative estimate of drug-likeness (QED) is 0.621. The van der Waals surface area contributed by atoms with Crippen LogP contribution in [-0.4, -0.2) is 44.0 Å². The minimum absolute atomic E-state index is 0.140. The molecule has 0 amide bonds. The largest absolute Gasteiger partial charge is 0.388 e. The molecule has 1 aliphatic heterocycles. The molecule has 25 heavy (non-hydrogen) atoms. The molecule has 140 valence electrons. The van der Waals surface area contributed by atoms with Crippen LogP contribution in [0.4, 0.5) is 10.2 Å². The van der Waals surface area contributed by atoms with Crippen molar-refractivity contribution >= 4 is 11.8 Å². The van der Waals surface area contributed by atoms with Crippen LogP contribution in [0.1, 0.15) is 39.8 Å². The number of hydrogen-bond acceptors (Lipinski definition) is 8. The third-order valence-corrected chi connectivity index (χ3v) is 3.85. The summed E-state index contributed by atoms with van der Waals surface area (Å²) in [5.74, 6) is -1.84. The summed E-state index contributed by atoms with van der Waals surface area (Å²) < 4.78 is 20.1. The molecule has 0 aliphatic carbocycles. The highest BCUT2D eigenvalue weighted by Gasteiger charge is 2.42. The van der Waals surface area contributed by atoms with Crippen molar-refractivity contribution < 1.29 is 29.0 Å². The Hall–Kier alpha value is -2.04. The van der Waals surface area contributed by atoms with E-state index in [9.17, 15) is 24.2 Å². The smallest absolute Gasteiger partial charge is 0.352 e. The summed E-state index contributed by atoms with van der Waals surface area (Å²) in [6.07, 6.45) is -3.09. The molecule has 2 rings (SSSR count). The lowest BCUT2D eigenvalue weighted by atomic mass is 10.1. The van der Waals surface area contributed by atoms with E-state index in [0.29, 0.717) is 12.3 Å². The van der Waals surface area contributed by atoms with Crippen molar-refractivity contribution in [2.24, 2.45) is 5.92 Å². The van der Waals surface area contributed by atoms with Gasteiger partial charge in [0.25, 0.3) is 0 Å². The van der Waals surface area contributed by atoms with Crippen molar-refractivity contribution in [3.05, 3.63) is 22.5 Å². The number of nitrogens with zero attached hydrogens (tertiary/aromatic N) is 2. The Labute approximate surface area is 143 Å². The standard InChI is InChI=1S/C15H22FN3O6/c1-7(2)4-5-10(20)25-18-13-9(16)6-19(15(23)17-13)14-12(22)11(21)8(3)24-14/h6-8,11-12,14,21-22H,4-5H2,1-3H3,(H,17,18,23)/t8-,11-,12-,14-/m1/s1. The molecule has 0 unspecified atom stereocenters. The topological polar surface area (TPSA) is 123 Å². The third-order valence-electron chi connectivity index (χ3n) is 3.85. The van der Waals surface area contributed by atoms with E-state index < -0.39 is 47.8 Å². The molecule has 4 atom stereocenters. The molecule has 0 bridgehead atoms. The third kappa shape index (κ3) is 4.53. The Kier molecular flexibility index (Phi) is 6.09. The number of hydrogen-bond donors (Lipinski definition) is 3. The molecule has 1 aliphatic rings. The number of rotatable bonds is 6. The van der Waals surface area contributed by atoms with Gasteiger partial charge in [-0.05, 0) is 19.3 Å². The van der Waals surface area contributed by atoms with Gasteiger partial charge in [0, 0.05) is 6.42 Å². The summed E-state index contributed by atoms with van der Waals surface area (Å²) in [6.45, 7) is 5.40. The first-order chi connectivity index (χ1) is 11.7. The van der Waals surface area contributed by atoms with Crippen LogP contribution in [-0.2, 0) is 14.4 Å². The summed E-state index contributed by atoms with van der Waals surface area (Å²) in [5, 5.41) is 19.5. The molecule has 0 spiro atoms. The maximum Gasteiger partial charge on any atom is 0.352 e. The maximum atomic E-state index is 14.1. The predicted octanol–water partition coefficient (Wildman–Crippen LogP) is 0.328. The van der Waals surface area contributed by atoms with Crippen LogP contribution in [0.25, 0.3) is 0 Å². The lowest BCUT2D eigenvalue weighted by Gasteiger charge is -2.17. The number of carbonyl (C=O) groups is 1. The fraction of sp³-hybridized carbons (Fsp3) is 0.667. The van der Waals surface area contributed by atoms with Crippen LogP contribution in [0.3, 0.4) is 0 Å². The summed E-state index contributed by atoms with van der Waals surface area (Å²) >= 11 is 0. The highest BCUT2D eigenvalue weighted by atomic mass is 19.1. The van der Waals surface area contributed by atoms with Gasteiger partial charge in [0.2, 0.25) is 5.82 Å². The molecule has 0 radical (unpaired) electrons. The number of ether oxygens (including phenoxy) is 1. The fourth-order valence-electron chi connectivity index (χ4n) is 2.32. The molecule has 9 nitrogen and oxygen atoms in total. The zero-order valence-corrected chi connectivity index (χ0v) is 14.2. The lowest BCUT2D eigenvalue weighted by molar-refractivity contribution is -0.141. The Morgan fingerprint density at radius 2 is 2.16 bits per heavy atom. The second kappa shape index (κ2) is 7.89. The number of aromatic nitrogens is 2. The van der Waals surface area contributed by atoms with Crippen molar-refractivity contribution in [3.63, 3.8) is 0 Å². The van der Waals surface area contributed by atoms with Gasteiger partial charge in [-0.15, -0.1) is 0 Å². The highest BCUT2D eigenvalue weighted by molar-refractivity contribution is 5.70. The Morgan fingerprint density at radius 3 is 2.72 bits per heavy atom. The van der Waals surface area contributed by atoms with Gasteiger partial charge in [0.1, 0.15) is 12.2 Å². The molecular formula is C15H22FN3O6. The van der Waals surface area contributed by atoms with E-state index in [1.165, 1.54) is 6.92 Å². The summed E-state index contributed by atoms with van der Waals surface area (Å²) in [6, 6.07) is 0. The van der Waals surface area contributed by atoms with Crippen molar-refractivity contribution in [3.8, 4) is 0 Å². The summed E-state index contributed by atoms with van der Waals surface area (Å²) in [7, 11) is 0. The molecule has 1 saturated heterocycles. The van der Waals surface area contributed by atoms with Crippen LogP contribution < -0.4 is 11.2 Å². The number of aliphatic hydroxyl groups excluding tert-OH is 2. The van der Waals surface area contributed by atoms with Crippen LogP contribution in [0.2, 0.25) is 0 Å². The molecule has 1 aromatic heterocycles. The first-order valence-electron chi connectivity index (χ1n) is 7.96. The number of aliphatic hydroxyl groups is 2. The first-order valence-corrected chi connectivity index (χ1v) is 7.96. The summed E-state index contributed by atoms with van der Waals surface area (Å²) in [5.41, 5.74) is 1.08. The normalized spacial score (nSPS) is 26.0. The van der Waals surface area contributed by atoms with E-state index in [2.05, 4.69) is 9.82 Å². The van der Waals surface area contributed by atoms with Gasteiger partial charge in [-0.1, -0.05) is 13.8 Å². The SMILES string of the molecule is CC(C)CCC(=O)ONc1nc(=O)n([C@@H]2O[C@H](C)[C@@H](O)[C@H]2O)cc1F. The number of anilines is 1. The molecule has 1 aromatic rings. The monoisotopic (exact) mass is 359 g/mol. The van der Waals surface area contributed by atoms with Crippen LogP contribution in [0.5, 0.6) is 0 Å². The van der Waals surface area contributed by atoms with Gasteiger partial charge in [-0.3, -0.25) is 4.57 Å². The van der Waals surface area contributed by atoms with Gasteiger partial charge in [0.15, 0.2) is 12.0 Å². The first kappa shape index (κ1) is 19.3. The van der Waals surface area contributed by atoms with Crippen molar-refractivity contribution in [1.82, 2.24) is 9.55 Å². The van der Waals surface area contributed by atoms with Crippen LogP contribution >= 0.6 is 0 Å². The Balaban J connectivity index is 2.08. The van der Waals surface area contributed by atoms with Crippen LogP contribution in [0, 0.1) is 11.7 Å². The zero-order valence-electron chi connectivity index (χ0n) is 14.2. The van der Waals surface area contributed by atoms with Gasteiger partial charge in [-0.25, -0.2) is 14.0 Å². The molecule has 3 N–H and O–H groups in total. The summed E-state index contributed by atoms with van der Waals surface area (Å²) in [4.78, 5) is 31.7. The van der Waals surface area contributed by atoms with E-state index in [-0.39, 0.29) is 6.42 Å². The number of halogens is 1. The molecule has 0 saturated carbocycles. The Morgan fingerprint density at radius 1 is 1.48 bits per heavy atom. The van der Waals surface area contributed by atoms with E-state index in [1.54, 1.807) is 0 Å². The van der Waals surface area contributed by atoms with Gasteiger partial charge in [0.05, 0.1) is 12.3 Å². The van der Waals surface area contributed by atoms with Crippen LogP contribution in [0.15, 0.2) is 11.0 Å². The van der Waals surface area contributed by atoms with E-state index in [4.69, 9.17) is 4.74 Å². The average molecular weight is 359 g/mol. The molecule has 10 heteroatoms. The van der Waals surface area contributed by atoms with Gasteiger partial charge in [-0.2, -0.15) is 10.5 Å². The molecule has 2 heterocycles. The van der Waals surface area contributed by atoms with Gasteiger partial charge < -0.3 is 19.8 Å². The predicted molar refractivity (Wildman–Crippen MR) is 83.8 cm³/mol. The van der Waals surface area contributed by atoms with E-state index in [1.807, 2.05) is 19.3 Å². The fourth-order valence-corrected chi connectivity index (χ4v) is 2.32. The highest BCUT2D eigenvalue weighted by Crippen LogP contribution is 2.28. The minimum atomic E-state index is -1.40. The zero-order chi connectivity index (χ0) is 18.7. The van der Waals surface area contributed by atoms with Crippen molar-refractivity contribution in [1.29, 1.82) is 0 Å². The number of carbonyl (C=O) groups excluding carboxylic acids is 1. The Bertz CT molecular complexity index is 680. The lowest BCUT2D eigenvalue weighted by Crippen LogP contribution is -2.36. The van der Waals surface area contributed by atoms with Gasteiger partial charge >= 0.3 is 11.7 Å². The molecular weight excluding hydrogens is 337 g/mol. The molecule has 0 aromatic carbocycles. The maximum absolute atomic E-state index is 14.1. The second-order valence-electron chi connectivity index (χ2n) is 6.35. The average Bonchev–Trinajstić information content (AvgIpc) is 2.80. The minimum Gasteiger partial charge on any atom is -0.388 e. The van der Waals surface area contributed by atoms with Crippen molar-refractivity contribution in [2.75, 3.05) is 5.48 Å².